The van der Waals surface area contributed by atoms with E-state index in [4.69, 9.17) is 4.74 Å². The van der Waals surface area contributed by atoms with Crippen LogP contribution < -0.4 is 5.32 Å². The van der Waals surface area contributed by atoms with E-state index in [-0.39, 0.29) is 18.2 Å². The zero-order valence-corrected chi connectivity index (χ0v) is 18.4. The quantitative estimate of drug-likeness (QED) is 0.670. The lowest BCUT2D eigenvalue weighted by Gasteiger charge is -2.31. The molecular weight excluding hydrogens is 414 g/mol. The molecule has 0 spiro atoms. The first kappa shape index (κ1) is 22.6. The van der Waals surface area contributed by atoms with Gasteiger partial charge in [-0.15, -0.1) is 0 Å². The van der Waals surface area contributed by atoms with Gasteiger partial charge < -0.3 is 10.1 Å². The topological polar surface area (TPSA) is 88.1 Å². The minimum absolute atomic E-state index is 0.125. The normalized spacial score (nSPS) is 17.5. The fraction of sp³-hybridized carbons (Fsp3) is 0.304. The molecule has 1 atom stereocenters. The maximum Gasteiger partial charge on any atom is 0.338 e. The van der Waals surface area contributed by atoms with Crippen LogP contribution in [-0.2, 0) is 20.7 Å². The third kappa shape index (κ3) is 5.95. The van der Waals surface area contributed by atoms with Crippen molar-refractivity contribution < 1.29 is 19.1 Å². The van der Waals surface area contributed by atoms with E-state index in [1.165, 1.54) is 11.8 Å². The Hall–Kier alpha value is -3.13. The molecule has 1 fully saturated rings. The lowest BCUT2D eigenvalue weighted by atomic mass is 10.1. The van der Waals surface area contributed by atoms with Gasteiger partial charge in [0.05, 0.1) is 23.1 Å². The third-order valence-corrected chi connectivity index (χ3v) is 5.94. The second kappa shape index (κ2) is 10.8. The Balaban J connectivity index is 1.83. The Bertz CT molecular complexity index is 961. The van der Waals surface area contributed by atoms with Crippen LogP contribution in [0, 0.1) is 0 Å². The summed E-state index contributed by atoms with van der Waals surface area (Å²) in [6.45, 7) is 2.53. The highest BCUT2D eigenvalue weighted by molar-refractivity contribution is 8.15. The smallest absolute Gasteiger partial charge is 0.338 e. The van der Waals surface area contributed by atoms with Gasteiger partial charge in [0.25, 0.3) is 0 Å². The summed E-state index contributed by atoms with van der Waals surface area (Å²) in [6.07, 6.45) is 0.804. The average Bonchev–Trinajstić information content (AvgIpc) is 2.79. The number of carbonyl (C=O) groups excluding carboxylic acids is 3. The molecule has 0 aliphatic carbocycles. The van der Waals surface area contributed by atoms with E-state index < -0.39 is 11.2 Å². The lowest BCUT2D eigenvalue weighted by Crippen LogP contribution is -2.46. The van der Waals surface area contributed by atoms with Crippen molar-refractivity contribution in [3.05, 3.63) is 65.7 Å². The van der Waals surface area contributed by atoms with E-state index in [0.717, 1.165) is 5.56 Å². The molecule has 2 amide bonds. The van der Waals surface area contributed by atoms with Gasteiger partial charge in [0.1, 0.15) is 0 Å². The number of carbonyl (C=O) groups is 3. The van der Waals surface area contributed by atoms with Crippen molar-refractivity contribution in [3.63, 3.8) is 0 Å². The molecule has 0 unspecified atom stereocenters. The fourth-order valence-corrected chi connectivity index (χ4v) is 4.29. The number of esters is 1. The summed E-state index contributed by atoms with van der Waals surface area (Å²) in [5.41, 5.74) is 2.14. The van der Waals surface area contributed by atoms with Crippen LogP contribution in [0.1, 0.15) is 29.3 Å². The van der Waals surface area contributed by atoms with Crippen molar-refractivity contribution in [2.24, 2.45) is 4.99 Å². The second-order valence-corrected chi connectivity index (χ2v) is 8.04. The molecular formula is C23H25N3O4S. The van der Waals surface area contributed by atoms with E-state index in [0.29, 0.717) is 36.0 Å². The van der Waals surface area contributed by atoms with E-state index >= 15 is 0 Å². The zero-order chi connectivity index (χ0) is 22.2. The highest BCUT2D eigenvalue weighted by atomic mass is 32.2. The highest BCUT2D eigenvalue weighted by Crippen LogP contribution is 2.29. The molecule has 1 saturated heterocycles. The van der Waals surface area contributed by atoms with Crippen molar-refractivity contribution in [1.29, 1.82) is 0 Å². The van der Waals surface area contributed by atoms with Gasteiger partial charge in [-0.2, -0.15) is 0 Å². The Labute approximate surface area is 185 Å². The first-order chi connectivity index (χ1) is 15.0. The summed E-state index contributed by atoms with van der Waals surface area (Å²) in [7, 11) is 1.56. The summed E-state index contributed by atoms with van der Waals surface area (Å²) >= 11 is 1.28. The molecule has 0 bridgehead atoms. The van der Waals surface area contributed by atoms with Gasteiger partial charge in [-0.1, -0.05) is 42.1 Å². The standard InChI is InChI=1S/C23H25N3O4S/c1-3-30-22(29)17-9-11-18(12-10-17)25-23-26(14-13-16-7-5-4-6-8-16)20(27)15-19(31-23)21(28)24-2/h4-12,19H,3,13-15H2,1-2H3,(H,24,28)/t19-/m0/s1. The largest absolute Gasteiger partial charge is 0.462 e. The van der Waals surface area contributed by atoms with Crippen LogP contribution in [0.2, 0.25) is 0 Å². The van der Waals surface area contributed by atoms with E-state index in [1.54, 1.807) is 43.1 Å². The molecule has 8 heteroatoms. The first-order valence-corrected chi connectivity index (χ1v) is 11.0. The number of amidine groups is 1. The van der Waals surface area contributed by atoms with Gasteiger partial charge in [-0.3, -0.25) is 14.5 Å². The summed E-state index contributed by atoms with van der Waals surface area (Å²) in [6, 6.07) is 16.6. The van der Waals surface area contributed by atoms with E-state index in [9.17, 15) is 14.4 Å². The Morgan fingerprint density at radius 2 is 1.87 bits per heavy atom. The molecule has 0 aromatic heterocycles. The second-order valence-electron chi connectivity index (χ2n) is 6.87. The molecule has 1 N–H and O–H groups in total. The molecule has 0 radical (unpaired) electrons. The van der Waals surface area contributed by atoms with Gasteiger partial charge in [0.2, 0.25) is 11.8 Å². The number of ether oxygens (including phenoxy) is 1. The third-order valence-electron chi connectivity index (χ3n) is 4.75. The lowest BCUT2D eigenvalue weighted by molar-refractivity contribution is -0.130. The molecule has 7 nitrogen and oxygen atoms in total. The van der Waals surface area contributed by atoms with Crippen LogP contribution in [0.25, 0.3) is 0 Å². The summed E-state index contributed by atoms with van der Waals surface area (Å²) in [5.74, 6) is -0.732. The van der Waals surface area contributed by atoms with Crippen molar-refractivity contribution in [2.75, 3.05) is 20.2 Å². The van der Waals surface area contributed by atoms with Gasteiger partial charge in [-0.05, 0) is 43.2 Å². The van der Waals surface area contributed by atoms with Crippen molar-refractivity contribution >= 4 is 40.4 Å². The molecule has 1 heterocycles. The molecule has 2 aromatic carbocycles. The molecule has 3 rings (SSSR count). The number of rotatable bonds is 7. The Morgan fingerprint density at radius 1 is 1.16 bits per heavy atom. The number of thioether (sulfide) groups is 1. The predicted molar refractivity (Wildman–Crippen MR) is 121 cm³/mol. The van der Waals surface area contributed by atoms with Crippen molar-refractivity contribution in [2.45, 2.75) is 25.0 Å². The van der Waals surface area contributed by atoms with Crippen LogP contribution in [-0.4, -0.2) is 53.3 Å². The van der Waals surface area contributed by atoms with Crippen LogP contribution in [0.15, 0.2) is 59.6 Å². The molecule has 2 aromatic rings. The highest BCUT2D eigenvalue weighted by Gasteiger charge is 2.35. The van der Waals surface area contributed by atoms with Crippen LogP contribution in [0.3, 0.4) is 0 Å². The number of amides is 2. The van der Waals surface area contributed by atoms with Gasteiger partial charge in [0, 0.05) is 20.0 Å². The number of nitrogens with zero attached hydrogens (tertiary/aromatic N) is 2. The number of benzene rings is 2. The molecule has 0 saturated carbocycles. The molecule has 31 heavy (non-hydrogen) atoms. The summed E-state index contributed by atoms with van der Waals surface area (Å²) in [4.78, 5) is 43.1. The maximum absolute atomic E-state index is 12.9. The minimum Gasteiger partial charge on any atom is -0.462 e. The van der Waals surface area contributed by atoms with Crippen molar-refractivity contribution in [3.8, 4) is 0 Å². The SMILES string of the molecule is CCOC(=O)c1ccc(N=C2S[C@H](C(=O)NC)CC(=O)N2CCc2ccccc2)cc1. The summed E-state index contributed by atoms with van der Waals surface area (Å²) in [5, 5.41) is 2.56. The number of aliphatic imine (C=N–C) groups is 1. The Kier molecular flexibility index (Phi) is 7.83. The number of nitrogens with one attached hydrogen (secondary N) is 1. The van der Waals surface area contributed by atoms with Crippen LogP contribution >= 0.6 is 11.8 Å². The first-order valence-electron chi connectivity index (χ1n) is 10.1. The zero-order valence-electron chi connectivity index (χ0n) is 17.5. The molecule has 162 valence electrons. The number of hydrogen-bond acceptors (Lipinski definition) is 6. The van der Waals surface area contributed by atoms with Gasteiger partial charge in [-0.25, -0.2) is 9.79 Å². The molecule has 1 aliphatic heterocycles. The molecule has 1 aliphatic rings. The fourth-order valence-electron chi connectivity index (χ4n) is 3.10. The monoisotopic (exact) mass is 439 g/mol. The average molecular weight is 440 g/mol. The Morgan fingerprint density at radius 3 is 2.52 bits per heavy atom. The van der Waals surface area contributed by atoms with Gasteiger partial charge >= 0.3 is 5.97 Å². The van der Waals surface area contributed by atoms with Crippen molar-refractivity contribution in [1.82, 2.24) is 10.2 Å². The van der Waals surface area contributed by atoms with Gasteiger partial charge in [0.15, 0.2) is 5.17 Å². The van der Waals surface area contributed by atoms with Crippen LogP contribution in [0.5, 0.6) is 0 Å². The van der Waals surface area contributed by atoms with E-state index in [2.05, 4.69) is 10.3 Å². The predicted octanol–water partition coefficient (Wildman–Crippen LogP) is 3.17. The minimum atomic E-state index is -0.525. The maximum atomic E-state index is 12.9. The van der Waals surface area contributed by atoms with Crippen LogP contribution in [0.4, 0.5) is 5.69 Å². The number of hydrogen-bond donors (Lipinski definition) is 1. The summed E-state index contributed by atoms with van der Waals surface area (Å²) < 4.78 is 5.00. The van der Waals surface area contributed by atoms with E-state index in [1.807, 2.05) is 30.3 Å².